The highest BCUT2D eigenvalue weighted by molar-refractivity contribution is 7.11. The summed E-state index contributed by atoms with van der Waals surface area (Å²) in [4.78, 5) is 6.13. The van der Waals surface area contributed by atoms with Crippen molar-refractivity contribution in [3.05, 3.63) is 39.7 Å². The van der Waals surface area contributed by atoms with Crippen LogP contribution in [-0.4, -0.2) is 4.98 Å². The van der Waals surface area contributed by atoms with Crippen molar-refractivity contribution in [2.75, 3.05) is 0 Å². The number of aromatic nitrogens is 1. The van der Waals surface area contributed by atoms with E-state index in [1.807, 2.05) is 23.5 Å². The van der Waals surface area contributed by atoms with Gasteiger partial charge in [0, 0.05) is 11.4 Å². The first-order chi connectivity index (χ1) is 7.92. The van der Waals surface area contributed by atoms with Crippen LogP contribution in [-0.2, 0) is 25.9 Å². The third-order valence-electron chi connectivity index (χ3n) is 2.80. The van der Waals surface area contributed by atoms with Gasteiger partial charge in [-0.05, 0) is 31.4 Å². The Hall–Kier alpha value is -1.13. The molecule has 0 unspecified atom stereocenters. The molecule has 0 saturated carbocycles. The maximum atomic E-state index is 5.25. The second kappa shape index (κ2) is 4.39. The van der Waals surface area contributed by atoms with Crippen molar-refractivity contribution in [2.24, 2.45) is 0 Å². The number of hydrogen-bond donors (Lipinski definition) is 1. The van der Waals surface area contributed by atoms with Crippen molar-refractivity contribution < 1.29 is 4.42 Å². The summed E-state index contributed by atoms with van der Waals surface area (Å²) < 4.78 is 5.25. The molecule has 3 rings (SSSR count). The number of thiazole rings is 1. The van der Waals surface area contributed by atoms with Gasteiger partial charge in [0.1, 0.15) is 10.8 Å². The van der Waals surface area contributed by atoms with Crippen molar-refractivity contribution in [3.8, 4) is 0 Å². The first kappa shape index (κ1) is 10.1. The highest BCUT2D eigenvalue weighted by Crippen LogP contribution is 2.27. The Bertz CT molecular complexity index is 440. The highest BCUT2D eigenvalue weighted by Gasteiger charge is 2.16. The van der Waals surface area contributed by atoms with Crippen LogP contribution in [0.2, 0.25) is 0 Å². The van der Waals surface area contributed by atoms with Gasteiger partial charge < -0.3 is 9.73 Å². The van der Waals surface area contributed by atoms with Gasteiger partial charge in [0.05, 0.1) is 18.5 Å². The Morgan fingerprint density at radius 1 is 1.38 bits per heavy atom. The summed E-state index contributed by atoms with van der Waals surface area (Å²) in [6, 6.07) is 3.89. The standard InChI is InChI=1S/C12H14N2OS/c1-4-10-11(5-1)16-12(14-10)8-13-7-9-3-2-6-15-9/h2-3,6,13H,1,4-5,7-8H2. The lowest BCUT2D eigenvalue weighted by Crippen LogP contribution is -2.11. The van der Waals surface area contributed by atoms with Gasteiger partial charge in [-0.15, -0.1) is 11.3 Å². The molecule has 84 valence electrons. The number of fused-ring (bicyclic) bond motifs is 1. The fraction of sp³-hybridized carbons (Fsp3) is 0.417. The van der Waals surface area contributed by atoms with Crippen LogP contribution in [0.15, 0.2) is 22.8 Å². The minimum absolute atomic E-state index is 0.775. The van der Waals surface area contributed by atoms with E-state index in [1.54, 1.807) is 6.26 Å². The zero-order chi connectivity index (χ0) is 10.8. The molecule has 0 aromatic carbocycles. The van der Waals surface area contributed by atoms with Crippen molar-refractivity contribution in [2.45, 2.75) is 32.4 Å². The maximum Gasteiger partial charge on any atom is 0.117 e. The van der Waals surface area contributed by atoms with Crippen LogP contribution in [0.1, 0.15) is 27.8 Å². The Labute approximate surface area is 98.5 Å². The SMILES string of the molecule is c1coc(CNCc2nc3c(s2)CCC3)c1. The molecule has 0 radical (unpaired) electrons. The van der Waals surface area contributed by atoms with Crippen molar-refractivity contribution in [1.82, 2.24) is 10.3 Å². The van der Waals surface area contributed by atoms with E-state index in [2.05, 4.69) is 10.3 Å². The molecule has 1 aliphatic rings. The highest BCUT2D eigenvalue weighted by atomic mass is 32.1. The topological polar surface area (TPSA) is 38.1 Å². The van der Waals surface area contributed by atoms with Gasteiger partial charge in [-0.1, -0.05) is 0 Å². The van der Waals surface area contributed by atoms with Gasteiger partial charge in [-0.25, -0.2) is 4.98 Å². The molecule has 2 heterocycles. The molecule has 0 fully saturated rings. The van der Waals surface area contributed by atoms with E-state index in [0.717, 1.165) is 18.8 Å². The molecule has 1 aliphatic carbocycles. The molecule has 1 N–H and O–H groups in total. The van der Waals surface area contributed by atoms with E-state index in [4.69, 9.17) is 4.42 Å². The van der Waals surface area contributed by atoms with Crippen LogP contribution in [0.3, 0.4) is 0 Å². The molecule has 0 atom stereocenters. The lowest BCUT2D eigenvalue weighted by atomic mass is 10.4. The Kier molecular flexibility index (Phi) is 2.76. The third-order valence-corrected chi connectivity index (χ3v) is 3.95. The fourth-order valence-electron chi connectivity index (χ4n) is 2.03. The van der Waals surface area contributed by atoms with Crippen LogP contribution in [0, 0.1) is 0 Å². The third kappa shape index (κ3) is 2.03. The summed E-state index contributed by atoms with van der Waals surface area (Å²) >= 11 is 1.85. The normalized spacial score (nSPS) is 14.2. The van der Waals surface area contributed by atoms with Crippen LogP contribution in [0.4, 0.5) is 0 Å². The summed E-state index contributed by atoms with van der Waals surface area (Å²) in [7, 11) is 0. The predicted octanol–water partition coefficient (Wildman–Crippen LogP) is 2.51. The first-order valence-electron chi connectivity index (χ1n) is 5.62. The van der Waals surface area contributed by atoms with Crippen molar-refractivity contribution in [3.63, 3.8) is 0 Å². The molecule has 3 nitrogen and oxygen atoms in total. The largest absolute Gasteiger partial charge is 0.468 e. The average Bonchev–Trinajstić information content (AvgIpc) is 2.91. The van der Waals surface area contributed by atoms with Gasteiger partial charge in [-0.2, -0.15) is 0 Å². The van der Waals surface area contributed by atoms with Crippen LogP contribution in [0.5, 0.6) is 0 Å². The number of nitrogens with one attached hydrogen (secondary N) is 1. The molecule has 2 aromatic rings. The smallest absolute Gasteiger partial charge is 0.117 e. The number of hydrogen-bond acceptors (Lipinski definition) is 4. The molecule has 16 heavy (non-hydrogen) atoms. The van der Waals surface area contributed by atoms with E-state index in [0.29, 0.717) is 0 Å². The molecule has 0 spiro atoms. The summed E-state index contributed by atoms with van der Waals surface area (Å²) in [6.45, 7) is 1.62. The summed E-state index contributed by atoms with van der Waals surface area (Å²) in [6.07, 6.45) is 5.39. The monoisotopic (exact) mass is 234 g/mol. The maximum absolute atomic E-state index is 5.25. The second-order valence-corrected chi connectivity index (χ2v) is 5.18. The zero-order valence-corrected chi connectivity index (χ0v) is 9.85. The van der Waals surface area contributed by atoms with Crippen LogP contribution >= 0.6 is 11.3 Å². The lowest BCUT2D eigenvalue weighted by Gasteiger charge is -1.99. The van der Waals surface area contributed by atoms with E-state index in [-0.39, 0.29) is 0 Å². The van der Waals surface area contributed by atoms with Crippen LogP contribution in [0.25, 0.3) is 0 Å². The van der Waals surface area contributed by atoms with Gasteiger partial charge >= 0.3 is 0 Å². The number of aryl methyl sites for hydroxylation is 2. The second-order valence-electron chi connectivity index (χ2n) is 4.01. The molecule has 0 amide bonds. The Morgan fingerprint density at radius 3 is 3.19 bits per heavy atom. The fourth-order valence-corrected chi connectivity index (χ4v) is 3.15. The van der Waals surface area contributed by atoms with E-state index >= 15 is 0 Å². The molecule has 0 bridgehead atoms. The summed E-state index contributed by atoms with van der Waals surface area (Å²) in [5, 5.41) is 4.55. The molecule has 4 heteroatoms. The predicted molar refractivity (Wildman–Crippen MR) is 63.4 cm³/mol. The van der Waals surface area contributed by atoms with Gasteiger partial charge in [-0.3, -0.25) is 0 Å². The lowest BCUT2D eigenvalue weighted by molar-refractivity contribution is 0.482. The average molecular weight is 234 g/mol. The summed E-state index contributed by atoms with van der Waals surface area (Å²) in [5.74, 6) is 0.976. The number of furan rings is 1. The minimum Gasteiger partial charge on any atom is -0.468 e. The molecular weight excluding hydrogens is 220 g/mol. The van der Waals surface area contributed by atoms with Crippen LogP contribution < -0.4 is 5.32 Å². The van der Waals surface area contributed by atoms with Gasteiger partial charge in [0.15, 0.2) is 0 Å². The van der Waals surface area contributed by atoms with Crippen molar-refractivity contribution in [1.29, 1.82) is 0 Å². The quantitative estimate of drug-likeness (QED) is 0.883. The molecule has 2 aromatic heterocycles. The van der Waals surface area contributed by atoms with E-state index in [9.17, 15) is 0 Å². The minimum atomic E-state index is 0.775. The summed E-state index contributed by atoms with van der Waals surface area (Å²) in [5.41, 5.74) is 1.33. The first-order valence-corrected chi connectivity index (χ1v) is 6.44. The van der Waals surface area contributed by atoms with Gasteiger partial charge in [0.25, 0.3) is 0 Å². The molecular formula is C12H14N2OS. The molecule has 0 aliphatic heterocycles. The van der Waals surface area contributed by atoms with Gasteiger partial charge in [0.2, 0.25) is 0 Å². The Morgan fingerprint density at radius 2 is 2.38 bits per heavy atom. The molecule has 0 saturated heterocycles. The van der Waals surface area contributed by atoms with E-state index < -0.39 is 0 Å². The Balaban J connectivity index is 1.54. The van der Waals surface area contributed by atoms with Crippen molar-refractivity contribution >= 4 is 11.3 Å². The van der Waals surface area contributed by atoms with E-state index in [1.165, 1.54) is 34.8 Å². The zero-order valence-electron chi connectivity index (χ0n) is 9.03. The number of nitrogens with zero attached hydrogens (tertiary/aromatic N) is 1. The number of rotatable bonds is 4.